The Morgan fingerprint density at radius 1 is 1.02 bits per heavy atom. The van der Waals surface area contributed by atoms with Gasteiger partial charge in [-0.15, -0.1) is 0 Å². The lowest BCUT2D eigenvalue weighted by atomic mass is 10.2. The van der Waals surface area contributed by atoms with Crippen molar-refractivity contribution < 1.29 is 32.7 Å². The van der Waals surface area contributed by atoms with E-state index in [9.17, 15) is 18.8 Å². The molecular weight excluding hydrogens is 535 g/mol. The fourth-order valence-electron chi connectivity index (χ4n) is 4.38. The minimum atomic E-state index is -0.636. The lowest BCUT2D eigenvalue weighted by Crippen LogP contribution is -2.27. The van der Waals surface area contributed by atoms with Crippen molar-refractivity contribution in [2.75, 3.05) is 7.11 Å². The SMILES string of the molecule is COC(=O)c1ccc(CN2C(=O)S/C(=C/c3cc(C)n(-c4ccc(OCc5ccc(F)cc5)cc4)c3C)C2=O)o1. The van der Waals surface area contributed by atoms with Crippen LogP contribution in [0.1, 0.15) is 38.8 Å². The van der Waals surface area contributed by atoms with Crippen LogP contribution in [-0.4, -0.2) is 33.7 Å². The van der Waals surface area contributed by atoms with Gasteiger partial charge in [-0.3, -0.25) is 14.5 Å². The Balaban J connectivity index is 1.29. The van der Waals surface area contributed by atoms with E-state index < -0.39 is 17.1 Å². The molecular formula is C30H25FN2O6S. The van der Waals surface area contributed by atoms with Crippen LogP contribution >= 0.6 is 11.8 Å². The van der Waals surface area contributed by atoms with Gasteiger partial charge in [-0.05, 0) is 97.4 Å². The van der Waals surface area contributed by atoms with Crippen molar-refractivity contribution in [3.63, 3.8) is 0 Å². The van der Waals surface area contributed by atoms with E-state index in [0.717, 1.165) is 44.9 Å². The highest BCUT2D eigenvalue weighted by Gasteiger charge is 2.36. The predicted molar refractivity (Wildman–Crippen MR) is 148 cm³/mol. The number of halogens is 1. The van der Waals surface area contributed by atoms with Crippen LogP contribution in [0.15, 0.2) is 76.1 Å². The summed E-state index contributed by atoms with van der Waals surface area (Å²) in [6.45, 7) is 4.14. The van der Waals surface area contributed by atoms with E-state index in [1.165, 1.54) is 31.4 Å². The van der Waals surface area contributed by atoms with Crippen LogP contribution in [0.4, 0.5) is 9.18 Å². The van der Waals surface area contributed by atoms with Gasteiger partial charge < -0.3 is 18.5 Å². The standard InChI is InChI=1S/C30H25FN2O6S/c1-18-14-21(15-27-28(34)32(30(36)40-27)16-25-12-13-26(39-25)29(35)37-3)19(2)33(18)23-8-10-24(11-9-23)38-17-20-4-6-22(31)7-5-20/h4-15H,16-17H2,1-3H3/b27-15+. The number of esters is 1. The zero-order valence-corrected chi connectivity index (χ0v) is 22.8. The zero-order valence-electron chi connectivity index (χ0n) is 22.0. The van der Waals surface area contributed by atoms with Gasteiger partial charge in [-0.25, -0.2) is 9.18 Å². The summed E-state index contributed by atoms with van der Waals surface area (Å²) in [5, 5.41) is -0.419. The van der Waals surface area contributed by atoms with Crippen LogP contribution in [0.25, 0.3) is 11.8 Å². The Morgan fingerprint density at radius 2 is 1.75 bits per heavy atom. The molecule has 0 aliphatic carbocycles. The fourth-order valence-corrected chi connectivity index (χ4v) is 5.21. The number of hydrogen-bond donors (Lipinski definition) is 0. The first kappa shape index (κ1) is 27.0. The molecule has 40 heavy (non-hydrogen) atoms. The first-order chi connectivity index (χ1) is 19.2. The largest absolute Gasteiger partial charge is 0.489 e. The van der Waals surface area contributed by atoms with E-state index in [-0.39, 0.29) is 18.1 Å². The van der Waals surface area contributed by atoms with E-state index in [1.54, 1.807) is 18.2 Å². The monoisotopic (exact) mass is 560 g/mol. The summed E-state index contributed by atoms with van der Waals surface area (Å²) in [5.74, 6) is -0.377. The number of amides is 2. The second-order valence-corrected chi connectivity index (χ2v) is 10.1. The Bertz CT molecular complexity index is 1620. The number of rotatable bonds is 8. The van der Waals surface area contributed by atoms with Crippen molar-refractivity contribution in [3.8, 4) is 11.4 Å². The summed E-state index contributed by atoms with van der Waals surface area (Å²) >= 11 is 0.858. The number of ether oxygens (including phenoxy) is 2. The third-order valence-corrected chi connectivity index (χ3v) is 7.31. The minimum absolute atomic E-state index is 0.0000676. The molecule has 10 heteroatoms. The number of nitrogens with zero attached hydrogens (tertiary/aromatic N) is 2. The van der Waals surface area contributed by atoms with E-state index >= 15 is 0 Å². The van der Waals surface area contributed by atoms with Gasteiger partial charge in [0.25, 0.3) is 11.1 Å². The molecule has 0 atom stereocenters. The number of thioether (sulfide) groups is 1. The minimum Gasteiger partial charge on any atom is -0.489 e. The van der Waals surface area contributed by atoms with Gasteiger partial charge >= 0.3 is 5.97 Å². The Morgan fingerprint density at radius 3 is 2.45 bits per heavy atom. The van der Waals surface area contributed by atoms with Crippen LogP contribution in [0.5, 0.6) is 5.75 Å². The van der Waals surface area contributed by atoms with Gasteiger partial charge in [0, 0.05) is 17.1 Å². The maximum Gasteiger partial charge on any atom is 0.373 e. The quantitative estimate of drug-likeness (QED) is 0.181. The number of imide groups is 1. The second-order valence-electron chi connectivity index (χ2n) is 9.10. The molecule has 1 saturated heterocycles. The van der Waals surface area contributed by atoms with Crippen LogP contribution in [0, 0.1) is 19.7 Å². The van der Waals surface area contributed by atoms with Gasteiger partial charge in [-0.1, -0.05) is 12.1 Å². The molecule has 204 valence electrons. The molecule has 0 unspecified atom stereocenters. The van der Waals surface area contributed by atoms with Crippen molar-refractivity contribution in [1.82, 2.24) is 9.47 Å². The maximum absolute atomic E-state index is 13.1. The summed E-state index contributed by atoms with van der Waals surface area (Å²) in [7, 11) is 1.24. The molecule has 8 nitrogen and oxygen atoms in total. The van der Waals surface area contributed by atoms with Crippen LogP contribution in [0.3, 0.4) is 0 Å². The third-order valence-electron chi connectivity index (χ3n) is 6.41. The van der Waals surface area contributed by atoms with Crippen molar-refractivity contribution in [2.45, 2.75) is 27.0 Å². The molecule has 0 radical (unpaired) electrons. The molecule has 3 heterocycles. The summed E-state index contributed by atoms with van der Waals surface area (Å²) in [6.07, 6.45) is 1.71. The van der Waals surface area contributed by atoms with Gasteiger partial charge in [0.05, 0.1) is 18.6 Å². The first-order valence-corrected chi connectivity index (χ1v) is 13.1. The van der Waals surface area contributed by atoms with E-state index in [2.05, 4.69) is 9.30 Å². The van der Waals surface area contributed by atoms with Crippen molar-refractivity contribution >= 4 is 35.0 Å². The molecule has 0 saturated carbocycles. The van der Waals surface area contributed by atoms with Gasteiger partial charge in [0.15, 0.2) is 0 Å². The highest BCUT2D eigenvalue weighted by molar-refractivity contribution is 8.18. The highest BCUT2D eigenvalue weighted by Crippen LogP contribution is 2.35. The number of furan rings is 1. The van der Waals surface area contributed by atoms with Crippen molar-refractivity contribution in [1.29, 1.82) is 0 Å². The molecule has 5 rings (SSSR count). The lowest BCUT2D eigenvalue weighted by molar-refractivity contribution is -0.123. The van der Waals surface area contributed by atoms with E-state index in [0.29, 0.717) is 23.0 Å². The fraction of sp³-hybridized carbons (Fsp3) is 0.167. The molecule has 2 aromatic carbocycles. The summed E-state index contributed by atoms with van der Waals surface area (Å²) in [6, 6.07) is 18.7. The molecule has 0 bridgehead atoms. The number of hydrogen-bond acceptors (Lipinski definition) is 7. The molecule has 1 fully saturated rings. The lowest BCUT2D eigenvalue weighted by Gasteiger charge is -2.12. The van der Waals surface area contributed by atoms with Gasteiger partial charge in [-0.2, -0.15) is 0 Å². The van der Waals surface area contributed by atoms with Crippen LogP contribution < -0.4 is 4.74 Å². The summed E-state index contributed by atoms with van der Waals surface area (Å²) in [5.41, 5.74) is 4.44. The van der Waals surface area contributed by atoms with Crippen LogP contribution in [-0.2, 0) is 22.7 Å². The number of methoxy groups -OCH3 is 1. The average Bonchev–Trinajstić information content (AvgIpc) is 3.61. The average molecular weight is 561 g/mol. The molecule has 0 spiro atoms. The van der Waals surface area contributed by atoms with Crippen molar-refractivity contribution in [3.05, 3.63) is 111 Å². The van der Waals surface area contributed by atoms with Crippen molar-refractivity contribution in [2.24, 2.45) is 0 Å². The van der Waals surface area contributed by atoms with E-state index in [1.807, 2.05) is 44.2 Å². The molecule has 2 amide bonds. The van der Waals surface area contributed by atoms with Gasteiger partial charge in [0.1, 0.15) is 23.9 Å². The van der Waals surface area contributed by atoms with Crippen LogP contribution in [0.2, 0.25) is 0 Å². The number of carbonyl (C=O) groups excluding carboxylic acids is 3. The molecule has 4 aromatic rings. The summed E-state index contributed by atoms with van der Waals surface area (Å²) in [4.78, 5) is 38.7. The normalized spacial score (nSPS) is 14.3. The Kier molecular flexibility index (Phi) is 7.61. The molecule has 1 aliphatic rings. The maximum atomic E-state index is 13.1. The topological polar surface area (TPSA) is 91.0 Å². The van der Waals surface area contributed by atoms with Gasteiger partial charge in [0.2, 0.25) is 5.76 Å². The Labute approximate surface area is 234 Å². The number of benzene rings is 2. The first-order valence-electron chi connectivity index (χ1n) is 12.3. The predicted octanol–water partition coefficient (Wildman–Crippen LogP) is 6.43. The third kappa shape index (κ3) is 5.57. The number of carbonyl (C=O) groups is 3. The number of aromatic nitrogens is 1. The number of aryl methyl sites for hydroxylation is 1. The Hall–Kier alpha value is -4.57. The van der Waals surface area contributed by atoms with E-state index in [4.69, 9.17) is 9.15 Å². The smallest absolute Gasteiger partial charge is 0.373 e. The zero-order chi connectivity index (χ0) is 28.4. The molecule has 0 N–H and O–H groups in total. The second kappa shape index (κ2) is 11.3. The summed E-state index contributed by atoms with van der Waals surface area (Å²) < 4.78 is 31.0. The highest BCUT2D eigenvalue weighted by atomic mass is 32.2. The molecule has 2 aromatic heterocycles. The molecule has 1 aliphatic heterocycles.